The first-order valence-electron chi connectivity index (χ1n) is 6.08. The Morgan fingerprint density at radius 1 is 1.25 bits per heavy atom. The van der Waals surface area contributed by atoms with E-state index in [4.69, 9.17) is 0 Å². The van der Waals surface area contributed by atoms with Crippen LogP contribution in [0.25, 0.3) is 0 Å². The fourth-order valence-electron chi connectivity index (χ4n) is 1.54. The Morgan fingerprint density at radius 2 is 1.95 bits per heavy atom. The summed E-state index contributed by atoms with van der Waals surface area (Å²) < 4.78 is 40.5. The molecule has 1 N–H and O–H groups in total. The van der Waals surface area contributed by atoms with Gasteiger partial charge in [0.25, 0.3) is 0 Å². The number of carbonyl (C=O) groups excluding carboxylic acids is 1. The van der Waals surface area contributed by atoms with E-state index in [1.54, 1.807) is 6.07 Å². The van der Waals surface area contributed by atoms with E-state index in [1.165, 1.54) is 18.2 Å². The van der Waals surface area contributed by atoms with Crippen LogP contribution in [0.15, 0.2) is 24.3 Å². The van der Waals surface area contributed by atoms with Crippen LogP contribution in [0.4, 0.5) is 13.2 Å². The molecule has 0 aromatic heterocycles. The molecule has 0 saturated carbocycles. The maximum atomic E-state index is 12.2. The number of nitrogens with one attached hydrogen (secondary N) is 1. The number of benzene rings is 1. The lowest BCUT2D eigenvalue weighted by molar-refractivity contribution is -0.274. The Kier molecular flexibility index (Phi) is 6.84. The lowest BCUT2D eigenvalue weighted by Crippen LogP contribution is -2.24. The Morgan fingerprint density at radius 3 is 2.60 bits per heavy atom. The molecule has 1 amide bonds. The van der Waals surface area contributed by atoms with Gasteiger partial charge in [0.2, 0.25) is 5.91 Å². The molecule has 20 heavy (non-hydrogen) atoms. The summed E-state index contributed by atoms with van der Waals surface area (Å²) in [5, 5.41) is 3.40. The predicted octanol–water partition coefficient (Wildman–Crippen LogP) is 3.77. The highest BCUT2D eigenvalue weighted by atomic mass is 79.9. The van der Waals surface area contributed by atoms with E-state index in [2.05, 4.69) is 26.0 Å². The van der Waals surface area contributed by atoms with Crippen molar-refractivity contribution in [1.82, 2.24) is 5.32 Å². The molecule has 112 valence electrons. The molecule has 0 atom stereocenters. The smallest absolute Gasteiger partial charge is 0.405 e. The average Bonchev–Trinajstić information content (AvgIpc) is 2.36. The zero-order valence-corrected chi connectivity index (χ0v) is 12.3. The minimum absolute atomic E-state index is 0.0133. The number of hydrogen-bond donors (Lipinski definition) is 1. The van der Waals surface area contributed by atoms with Crippen LogP contribution in [0.3, 0.4) is 0 Å². The fraction of sp³-hybridized carbons (Fsp3) is 0.462. The molecule has 1 aromatic carbocycles. The summed E-state index contributed by atoms with van der Waals surface area (Å²) in [5.41, 5.74) is 0.290. The van der Waals surface area contributed by atoms with Gasteiger partial charge in [0.05, 0.1) is 0 Å². The summed E-state index contributed by atoms with van der Waals surface area (Å²) in [7, 11) is 0. The number of rotatable bonds is 7. The molecule has 0 saturated heterocycles. The van der Waals surface area contributed by atoms with Gasteiger partial charge in [-0.1, -0.05) is 34.1 Å². The molecule has 0 bridgehead atoms. The number of carbonyl (C=O) groups is 1. The van der Waals surface area contributed by atoms with Crippen molar-refractivity contribution in [2.75, 3.05) is 5.33 Å². The van der Waals surface area contributed by atoms with E-state index < -0.39 is 6.36 Å². The molecule has 0 aliphatic heterocycles. The van der Waals surface area contributed by atoms with E-state index in [9.17, 15) is 18.0 Å². The third-order valence-corrected chi connectivity index (χ3v) is 3.02. The molecular formula is C13H15BrF3NO2. The highest BCUT2D eigenvalue weighted by molar-refractivity contribution is 9.09. The van der Waals surface area contributed by atoms with E-state index in [-0.39, 0.29) is 18.2 Å². The summed E-state index contributed by atoms with van der Waals surface area (Å²) in [6.07, 6.45) is -2.77. The number of para-hydroxylation sites is 1. The second kappa shape index (κ2) is 8.14. The minimum atomic E-state index is -4.74. The van der Waals surface area contributed by atoms with Gasteiger partial charge in [0.15, 0.2) is 0 Å². The SMILES string of the molecule is O=C(CCCCBr)NCc1ccccc1OC(F)(F)F. The second-order valence-corrected chi connectivity index (χ2v) is 4.87. The molecule has 0 spiro atoms. The number of unbranched alkanes of at least 4 members (excludes halogenated alkanes) is 1. The van der Waals surface area contributed by atoms with Gasteiger partial charge in [0.1, 0.15) is 5.75 Å². The standard InChI is InChI=1S/C13H15BrF3NO2/c14-8-4-3-7-12(19)18-9-10-5-1-2-6-11(10)20-13(15,16)17/h1-2,5-6H,3-4,7-9H2,(H,18,19). The van der Waals surface area contributed by atoms with Crippen molar-refractivity contribution in [2.24, 2.45) is 0 Å². The van der Waals surface area contributed by atoms with Crippen LogP contribution >= 0.6 is 15.9 Å². The zero-order valence-electron chi connectivity index (χ0n) is 10.7. The minimum Gasteiger partial charge on any atom is -0.405 e. The Labute approximate surface area is 123 Å². The van der Waals surface area contributed by atoms with Crippen molar-refractivity contribution in [3.8, 4) is 5.75 Å². The highest BCUT2D eigenvalue weighted by Crippen LogP contribution is 2.26. The van der Waals surface area contributed by atoms with Crippen molar-refractivity contribution >= 4 is 21.8 Å². The van der Waals surface area contributed by atoms with Crippen LogP contribution in [0.5, 0.6) is 5.75 Å². The first-order chi connectivity index (χ1) is 9.42. The molecular weight excluding hydrogens is 339 g/mol. The average molecular weight is 354 g/mol. The van der Waals surface area contributed by atoms with Gasteiger partial charge in [-0.25, -0.2) is 0 Å². The van der Waals surface area contributed by atoms with Crippen molar-refractivity contribution in [3.63, 3.8) is 0 Å². The zero-order chi connectivity index (χ0) is 15.0. The van der Waals surface area contributed by atoms with Gasteiger partial charge in [0, 0.05) is 23.9 Å². The highest BCUT2D eigenvalue weighted by Gasteiger charge is 2.31. The van der Waals surface area contributed by atoms with Gasteiger partial charge in [-0.2, -0.15) is 0 Å². The number of halogens is 4. The largest absolute Gasteiger partial charge is 0.573 e. The Hall–Kier alpha value is -1.24. The number of ether oxygens (including phenoxy) is 1. The fourth-order valence-corrected chi connectivity index (χ4v) is 1.93. The van der Waals surface area contributed by atoms with Crippen LogP contribution in [0.2, 0.25) is 0 Å². The van der Waals surface area contributed by atoms with E-state index >= 15 is 0 Å². The van der Waals surface area contributed by atoms with E-state index in [0.717, 1.165) is 18.2 Å². The Balaban J connectivity index is 2.53. The lowest BCUT2D eigenvalue weighted by Gasteiger charge is -2.13. The van der Waals surface area contributed by atoms with Gasteiger partial charge < -0.3 is 10.1 Å². The first kappa shape index (κ1) is 16.8. The summed E-state index contributed by atoms with van der Waals surface area (Å²) in [4.78, 5) is 11.5. The summed E-state index contributed by atoms with van der Waals surface area (Å²) >= 11 is 3.26. The van der Waals surface area contributed by atoms with Gasteiger partial charge >= 0.3 is 6.36 Å². The molecule has 0 radical (unpaired) electrons. The van der Waals surface area contributed by atoms with Crippen molar-refractivity contribution in [2.45, 2.75) is 32.2 Å². The first-order valence-corrected chi connectivity index (χ1v) is 7.21. The van der Waals surface area contributed by atoms with Gasteiger partial charge in [-0.05, 0) is 18.9 Å². The van der Waals surface area contributed by atoms with Crippen LogP contribution in [0.1, 0.15) is 24.8 Å². The molecule has 1 rings (SSSR count). The van der Waals surface area contributed by atoms with E-state index in [1.807, 2.05) is 0 Å². The molecule has 3 nitrogen and oxygen atoms in total. The maximum Gasteiger partial charge on any atom is 0.573 e. The number of alkyl halides is 4. The topological polar surface area (TPSA) is 38.3 Å². The number of amides is 1. The molecule has 7 heteroatoms. The van der Waals surface area contributed by atoms with Crippen molar-refractivity contribution in [1.29, 1.82) is 0 Å². The monoisotopic (exact) mass is 353 g/mol. The van der Waals surface area contributed by atoms with Crippen molar-refractivity contribution in [3.05, 3.63) is 29.8 Å². The molecule has 1 aromatic rings. The Bertz CT molecular complexity index is 438. The van der Waals surface area contributed by atoms with Crippen LogP contribution in [-0.2, 0) is 11.3 Å². The number of hydrogen-bond acceptors (Lipinski definition) is 2. The van der Waals surface area contributed by atoms with Crippen LogP contribution < -0.4 is 10.1 Å². The molecule has 0 aliphatic rings. The van der Waals surface area contributed by atoms with Crippen LogP contribution in [-0.4, -0.2) is 17.6 Å². The second-order valence-electron chi connectivity index (χ2n) is 4.08. The summed E-state index contributed by atoms with van der Waals surface area (Å²) in [6, 6.07) is 5.75. The third-order valence-electron chi connectivity index (χ3n) is 2.46. The van der Waals surface area contributed by atoms with Gasteiger partial charge in [-0.3, -0.25) is 4.79 Å². The third kappa shape index (κ3) is 6.79. The van der Waals surface area contributed by atoms with Crippen molar-refractivity contribution < 1.29 is 22.7 Å². The van der Waals surface area contributed by atoms with E-state index in [0.29, 0.717) is 12.0 Å². The summed E-state index contributed by atoms with van der Waals surface area (Å²) in [5.74, 6) is -0.478. The predicted molar refractivity (Wildman–Crippen MR) is 72.6 cm³/mol. The summed E-state index contributed by atoms with van der Waals surface area (Å²) in [6.45, 7) is 0.0133. The van der Waals surface area contributed by atoms with Gasteiger partial charge in [-0.15, -0.1) is 13.2 Å². The van der Waals surface area contributed by atoms with Crippen LogP contribution in [0, 0.1) is 0 Å². The lowest BCUT2D eigenvalue weighted by atomic mass is 10.2. The molecule has 0 heterocycles. The quantitative estimate of drug-likeness (QED) is 0.598. The molecule has 0 fully saturated rings. The maximum absolute atomic E-state index is 12.2. The molecule has 0 unspecified atom stereocenters. The molecule has 0 aliphatic carbocycles. The normalized spacial score (nSPS) is 11.2.